The van der Waals surface area contributed by atoms with Crippen molar-refractivity contribution in [2.75, 3.05) is 11.1 Å². The number of nitrogen functional groups attached to an aromatic ring is 1. The fourth-order valence-corrected chi connectivity index (χ4v) is 2.51. The Morgan fingerprint density at radius 1 is 1.56 bits per heavy atom. The molecule has 0 radical (unpaired) electrons. The van der Waals surface area contributed by atoms with E-state index < -0.39 is 0 Å². The van der Waals surface area contributed by atoms with E-state index in [4.69, 9.17) is 5.73 Å². The van der Waals surface area contributed by atoms with E-state index in [-0.39, 0.29) is 11.7 Å². The highest BCUT2D eigenvalue weighted by atomic mass is 79.9. The highest BCUT2D eigenvalue weighted by Crippen LogP contribution is 2.28. The normalized spacial score (nSPS) is 10.3. The summed E-state index contributed by atoms with van der Waals surface area (Å²) in [5.74, 6) is -0.336. The number of carbonyl (C=O) groups excluding carboxylic acids is 1. The minimum absolute atomic E-state index is 0.00157. The predicted octanol–water partition coefficient (Wildman–Crippen LogP) is 2.75. The van der Waals surface area contributed by atoms with Crippen molar-refractivity contribution in [1.29, 1.82) is 0 Å². The van der Waals surface area contributed by atoms with Crippen LogP contribution in [0.3, 0.4) is 0 Å². The lowest BCUT2D eigenvalue weighted by Gasteiger charge is -2.06. The predicted molar refractivity (Wildman–Crippen MR) is 75.0 cm³/mol. The summed E-state index contributed by atoms with van der Waals surface area (Å²) in [6.07, 6.45) is 0. The Hall–Kier alpha value is -1.60. The lowest BCUT2D eigenvalue weighted by atomic mass is 10.3. The summed E-state index contributed by atoms with van der Waals surface area (Å²) < 4.78 is 0.760. The van der Waals surface area contributed by atoms with Crippen molar-refractivity contribution in [2.45, 2.75) is 6.92 Å². The molecule has 1 aromatic heterocycles. The number of amides is 1. The van der Waals surface area contributed by atoms with Crippen LogP contribution in [0.15, 0.2) is 22.7 Å². The van der Waals surface area contributed by atoms with Gasteiger partial charge in [0.1, 0.15) is 10.6 Å². The number of hydrogen-bond donors (Lipinski definition) is 3. The first kappa shape index (κ1) is 12.8. The Labute approximate surface area is 116 Å². The van der Waals surface area contributed by atoms with E-state index in [0.717, 1.165) is 15.8 Å². The largest absolute Gasteiger partial charge is 0.506 e. The van der Waals surface area contributed by atoms with Crippen LogP contribution >= 0.6 is 27.3 Å². The second-order valence-electron chi connectivity index (χ2n) is 3.58. The number of rotatable bonds is 2. The van der Waals surface area contributed by atoms with Crippen LogP contribution in [0.1, 0.15) is 15.4 Å². The average molecular weight is 328 g/mol. The number of phenolic OH excluding ortho intramolecular Hbond substituents is 1. The monoisotopic (exact) mass is 327 g/mol. The summed E-state index contributed by atoms with van der Waals surface area (Å²) in [5.41, 5.74) is 6.44. The maximum Gasteiger partial charge on any atom is 0.267 e. The number of carbonyl (C=O) groups is 1. The molecule has 0 unspecified atom stereocenters. The molecule has 1 amide bonds. The number of aromatic hydroxyl groups is 1. The number of nitrogens with one attached hydrogen (secondary N) is 1. The van der Waals surface area contributed by atoms with Gasteiger partial charge in [-0.3, -0.25) is 4.79 Å². The van der Waals surface area contributed by atoms with Crippen LogP contribution in [0.25, 0.3) is 0 Å². The van der Waals surface area contributed by atoms with Gasteiger partial charge < -0.3 is 16.2 Å². The van der Waals surface area contributed by atoms with Crippen molar-refractivity contribution in [3.8, 4) is 5.75 Å². The molecule has 0 bridgehead atoms. The van der Waals surface area contributed by atoms with Crippen molar-refractivity contribution in [3.63, 3.8) is 0 Å². The van der Waals surface area contributed by atoms with Gasteiger partial charge in [-0.15, -0.1) is 0 Å². The molecule has 0 saturated carbocycles. The van der Waals surface area contributed by atoms with Gasteiger partial charge >= 0.3 is 0 Å². The maximum absolute atomic E-state index is 12.0. The summed E-state index contributed by atoms with van der Waals surface area (Å²) in [5, 5.41) is 12.6. The van der Waals surface area contributed by atoms with Gasteiger partial charge in [0.25, 0.3) is 5.91 Å². The molecule has 2 aromatic rings. The molecule has 0 spiro atoms. The zero-order chi connectivity index (χ0) is 13.3. The van der Waals surface area contributed by atoms with Gasteiger partial charge in [0.2, 0.25) is 0 Å². The minimum Gasteiger partial charge on any atom is -0.506 e. The number of nitrogens with zero attached hydrogens (tertiary/aromatic N) is 1. The number of aromatic nitrogens is 1. The Bertz CT molecular complexity index is 612. The molecule has 4 N–H and O–H groups in total. The smallest absolute Gasteiger partial charge is 0.267 e. The van der Waals surface area contributed by atoms with Gasteiger partial charge in [-0.25, -0.2) is 4.98 Å². The number of thiazole rings is 1. The van der Waals surface area contributed by atoms with Gasteiger partial charge in [0, 0.05) is 4.47 Å². The molecular weight excluding hydrogens is 318 g/mol. The molecule has 5 nitrogen and oxygen atoms in total. The first-order chi connectivity index (χ1) is 8.47. The fourth-order valence-electron chi connectivity index (χ4n) is 1.42. The van der Waals surface area contributed by atoms with Crippen LogP contribution in [0.5, 0.6) is 5.75 Å². The van der Waals surface area contributed by atoms with E-state index in [2.05, 4.69) is 26.2 Å². The molecular formula is C11H10BrN3O2S. The second kappa shape index (κ2) is 4.95. The molecule has 0 saturated heterocycles. The molecule has 0 aliphatic heterocycles. The quantitative estimate of drug-likeness (QED) is 0.740. The second-order valence-corrected chi connectivity index (χ2v) is 5.53. The Kier molecular flexibility index (Phi) is 3.53. The van der Waals surface area contributed by atoms with Crippen LogP contribution < -0.4 is 11.1 Å². The van der Waals surface area contributed by atoms with Crippen LogP contribution in [0, 0.1) is 6.92 Å². The lowest BCUT2D eigenvalue weighted by Crippen LogP contribution is -2.11. The van der Waals surface area contributed by atoms with Crippen LogP contribution in [0.2, 0.25) is 0 Å². The van der Waals surface area contributed by atoms with Crippen LogP contribution in [0.4, 0.5) is 10.8 Å². The van der Waals surface area contributed by atoms with Crippen molar-refractivity contribution >= 4 is 44.0 Å². The van der Waals surface area contributed by atoms with Gasteiger partial charge in [-0.05, 0) is 25.1 Å². The van der Waals surface area contributed by atoms with Crippen LogP contribution in [-0.2, 0) is 0 Å². The first-order valence-corrected chi connectivity index (χ1v) is 6.61. The van der Waals surface area contributed by atoms with Gasteiger partial charge in [0.15, 0.2) is 5.13 Å². The van der Waals surface area contributed by atoms with Crippen molar-refractivity contribution in [3.05, 3.63) is 33.2 Å². The van der Waals surface area contributed by atoms with Crippen molar-refractivity contribution < 1.29 is 9.90 Å². The van der Waals surface area contributed by atoms with E-state index in [1.165, 1.54) is 6.07 Å². The zero-order valence-electron chi connectivity index (χ0n) is 9.40. The zero-order valence-corrected chi connectivity index (χ0v) is 11.8. The highest BCUT2D eigenvalue weighted by Gasteiger charge is 2.15. The Morgan fingerprint density at radius 3 is 2.89 bits per heavy atom. The average Bonchev–Trinajstić information content (AvgIpc) is 2.63. The van der Waals surface area contributed by atoms with Crippen molar-refractivity contribution in [2.24, 2.45) is 0 Å². The number of hydrogen-bond acceptors (Lipinski definition) is 5. The molecule has 94 valence electrons. The fraction of sp³-hybridized carbons (Fsp3) is 0.0909. The van der Waals surface area contributed by atoms with Crippen molar-refractivity contribution in [1.82, 2.24) is 4.98 Å². The van der Waals surface area contributed by atoms with Gasteiger partial charge in [0.05, 0.1) is 11.4 Å². The minimum atomic E-state index is -0.338. The highest BCUT2D eigenvalue weighted by molar-refractivity contribution is 9.10. The first-order valence-electron chi connectivity index (χ1n) is 5.00. The third-order valence-corrected chi connectivity index (χ3v) is 3.70. The van der Waals surface area contributed by atoms with E-state index in [9.17, 15) is 9.90 Å². The Balaban J connectivity index is 2.26. The number of nitrogens with two attached hydrogens (primary N) is 1. The summed E-state index contributed by atoms with van der Waals surface area (Å²) >= 11 is 4.38. The van der Waals surface area contributed by atoms with E-state index in [1.807, 2.05) is 0 Å². The van der Waals surface area contributed by atoms with E-state index in [1.54, 1.807) is 19.1 Å². The number of benzene rings is 1. The summed E-state index contributed by atoms with van der Waals surface area (Å²) in [6, 6.07) is 4.79. The molecule has 0 fully saturated rings. The van der Waals surface area contributed by atoms with Gasteiger partial charge in [-0.1, -0.05) is 27.3 Å². The third-order valence-electron chi connectivity index (χ3n) is 2.23. The molecule has 0 aliphatic rings. The van der Waals surface area contributed by atoms with E-state index >= 15 is 0 Å². The number of anilines is 2. The lowest BCUT2D eigenvalue weighted by molar-refractivity contribution is 0.102. The molecule has 0 aliphatic carbocycles. The summed E-state index contributed by atoms with van der Waals surface area (Å²) in [4.78, 5) is 16.4. The molecule has 18 heavy (non-hydrogen) atoms. The molecule has 7 heteroatoms. The van der Waals surface area contributed by atoms with Crippen LogP contribution in [-0.4, -0.2) is 16.0 Å². The van der Waals surface area contributed by atoms with Gasteiger partial charge in [-0.2, -0.15) is 0 Å². The third kappa shape index (κ3) is 2.62. The van der Waals surface area contributed by atoms with E-state index in [0.29, 0.717) is 21.4 Å². The number of halogens is 1. The Morgan fingerprint density at radius 2 is 2.28 bits per heavy atom. The molecule has 0 atom stereocenters. The molecule has 1 heterocycles. The molecule has 1 aromatic carbocycles. The molecule has 2 rings (SSSR count). The SMILES string of the molecule is Cc1nc(N)sc1C(=O)Nc1cc(Br)ccc1O. The summed E-state index contributed by atoms with van der Waals surface area (Å²) in [6.45, 7) is 1.71. The topological polar surface area (TPSA) is 88.2 Å². The summed E-state index contributed by atoms with van der Waals surface area (Å²) in [7, 11) is 0. The maximum atomic E-state index is 12.0. The number of aryl methyl sites for hydroxylation is 1. The standard InChI is InChI=1S/C11H10BrN3O2S/c1-5-9(18-11(13)14-5)10(17)15-7-4-6(12)2-3-8(7)16/h2-4,16H,1H3,(H2,13,14)(H,15,17). The number of phenols is 1.